The summed E-state index contributed by atoms with van der Waals surface area (Å²) in [4.78, 5) is 28.0. The molecule has 0 unspecified atom stereocenters. The monoisotopic (exact) mass is 408 g/mol. The number of amides is 2. The zero-order valence-electron chi connectivity index (χ0n) is 16.1. The SMILES string of the molecule is CCOc1cc(/C=C2\SC(=S)N(CC)C2=O)ccc1O[C@H](C)C(=O)N(C)C. The fourth-order valence-electron chi connectivity index (χ4n) is 2.51. The Morgan fingerprint density at radius 2 is 2.04 bits per heavy atom. The number of likely N-dealkylation sites (N-methyl/N-ethyl adjacent to an activating group) is 2. The molecule has 1 aromatic rings. The average molecular weight is 409 g/mol. The van der Waals surface area contributed by atoms with Gasteiger partial charge in [-0.3, -0.25) is 14.5 Å². The van der Waals surface area contributed by atoms with Crippen LogP contribution in [0.1, 0.15) is 26.3 Å². The van der Waals surface area contributed by atoms with Crippen LogP contribution < -0.4 is 9.47 Å². The van der Waals surface area contributed by atoms with Crippen molar-refractivity contribution in [1.82, 2.24) is 9.80 Å². The molecule has 0 bridgehead atoms. The summed E-state index contributed by atoms with van der Waals surface area (Å²) in [7, 11) is 3.36. The Hall–Kier alpha value is -2.06. The fourth-order valence-corrected chi connectivity index (χ4v) is 3.89. The van der Waals surface area contributed by atoms with E-state index in [0.717, 1.165) is 5.56 Å². The van der Waals surface area contributed by atoms with Gasteiger partial charge in [0.05, 0.1) is 11.5 Å². The second kappa shape index (κ2) is 9.23. The van der Waals surface area contributed by atoms with E-state index in [1.165, 1.54) is 16.7 Å². The Morgan fingerprint density at radius 1 is 1.33 bits per heavy atom. The summed E-state index contributed by atoms with van der Waals surface area (Å²) in [6.07, 6.45) is 1.15. The van der Waals surface area contributed by atoms with E-state index < -0.39 is 6.10 Å². The number of carbonyl (C=O) groups excluding carboxylic acids is 2. The molecule has 0 aromatic heterocycles. The van der Waals surface area contributed by atoms with Gasteiger partial charge >= 0.3 is 0 Å². The topological polar surface area (TPSA) is 59.1 Å². The van der Waals surface area contributed by atoms with Gasteiger partial charge in [0.25, 0.3) is 11.8 Å². The van der Waals surface area contributed by atoms with Crippen molar-refractivity contribution in [2.45, 2.75) is 26.9 Å². The smallest absolute Gasteiger partial charge is 0.266 e. The summed E-state index contributed by atoms with van der Waals surface area (Å²) in [6, 6.07) is 5.37. The number of thiocarbonyl (C=S) groups is 1. The fraction of sp³-hybridized carbons (Fsp3) is 0.421. The zero-order chi connectivity index (χ0) is 20.1. The van der Waals surface area contributed by atoms with Crippen LogP contribution >= 0.6 is 24.0 Å². The van der Waals surface area contributed by atoms with Crippen molar-refractivity contribution in [3.05, 3.63) is 28.7 Å². The Labute approximate surface area is 169 Å². The number of thioether (sulfide) groups is 1. The van der Waals surface area contributed by atoms with E-state index in [2.05, 4.69) is 0 Å². The molecule has 146 valence electrons. The van der Waals surface area contributed by atoms with Crippen molar-refractivity contribution in [3.63, 3.8) is 0 Å². The van der Waals surface area contributed by atoms with Gasteiger partial charge < -0.3 is 14.4 Å². The number of hydrogen-bond acceptors (Lipinski definition) is 6. The van der Waals surface area contributed by atoms with Crippen molar-refractivity contribution in [2.24, 2.45) is 0 Å². The van der Waals surface area contributed by atoms with Crippen molar-refractivity contribution in [2.75, 3.05) is 27.2 Å². The first kappa shape index (κ1) is 21.2. The van der Waals surface area contributed by atoms with Crippen LogP contribution in [0.25, 0.3) is 6.08 Å². The minimum Gasteiger partial charge on any atom is -0.490 e. The first-order valence-electron chi connectivity index (χ1n) is 8.68. The van der Waals surface area contributed by atoms with E-state index in [4.69, 9.17) is 21.7 Å². The lowest BCUT2D eigenvalue weighted by atomic mass is 10.1. The summed E-state index contributed by atoms with van der Waals surface area (Å²) in [5.74, 6) is 0.786. The number of carbonyl (C=O) groups is 2. The zero-order valence-corrected chi connectivity index (χ0v) is 17.8. The van der Waals surface area contributed by atoms with E-state index in [0.29, 0.717) is 33.9 Å². The lowest BCUT2D eigenvalue weighted by Gasteiger charge is -2.20. The van der Waals surface area contributed by atoms with Crippen molar-refractivity contribution in [1.29, 1.82) is 0 Å². The van der Waals surface area contributed by atoms with Gasteiger partial charge in [0, 0.05) is 20.6 Å². The minimum atomic E-state index is -0.633. The first-order valence-corrected chi connectivity index (χ1v) is 9.91. The third-order valence-electron chi connectivity index (χ3n) is 3.85. The predicted molar refractivity (Wildman–Crippen MR) is 112 cm³/mol. The largest absolute Gasteiger partial charge is 0.490 e. The van der Waals surface area contributed by atoms with E-state index in [1.54, 1.807) is 44.1 Å². The van der Waals surface area contributed by atoms with Crippen LogP contribution in [0.3, 0.4) is 0 Å². The third-order valence-corrected chi connectivity index (χ3v) is 5.23. The Bertz CT molecular complexity index is 777. The van der Waals surface area contributed by atoms with Gasteiger partial charge in [0.15, 0.2) is 17.6 Å². The van der Waals surface area contributed by atoms with Crippen LogP contribution in [0.2, 0.25) is 0 Å². The molecule has 2 rings (SSSR count). The normalized spacial score (nSPS) is 16.6. The second-order valence-electron chi connectivity index (χ2n) is 6.06. The highest BCUT2D eigenvalue weighted by molar-refractivity contribution is 8.26. The number of hydrogen-bond donors (Lipinski definition) is 0. The summed E-state index contributed by atoms with van der Waals surface area (Å²) in [6.45, 7) is 6.47. The second-order valence-corrected chi connectivity index (χ2v) is 7.73. The Morgan fingerprint density at radius 3 is 2.59 bits per heavy atom. The van der Waals surface area contributed by atoms with Crippen LogP contribution in [-0.2, 0) is 9.59 Å². The summed E-state index contributed by atoms with van der Waals surface area (Å²) in [5, 5.41) is 0. The lowest BCUT2D eigenvalue weighted by molar-refractivity contribution is -0.135. The Kier molecular flexibility index (Phi) is 7.26. The molecule has 1 atom stereocenters. The first-order chi connectivity index (χ1) is 12.8. The number of rotatable bonds is 7. The van der Waals surface area contributed by atoms with Gasteiger partial charge in [-0.25, -0.2) is 0 Å². The molecule has 1 aromatic carbocycles. The molecule has 27 heavy (non-hydrogen) atoms. The molecule has 1 fully saturated rings. The summed E-state index contributed by atoms with van der Waals surface area (Å²) in [5.41, 5.74) is 0.800. The molecule has 0 spiro atoms. The van der Waals surface area contributed by atoms with Crippen molar-refractivity contribution >= 4 is 46.2 Å². The molecular formula is C19H24N2O4S2. The van der Waals surface area contributed by atoms with Crippen LogP contribution in [0.4, 0.5) is 0 Å². The van der Waals surface area contributed by atoms with Crippen LogP contribution in [-0.4, -0.2) is 59.3 Å². The highest BCUT2D eigenvalue weighted by atomic mass is 32.2. The molecule has 0 aliphatic carbocycles. The van der Waals surface area contributed by atoms with E-state index in [1.807, 2.05) is 19.9 Å². The molecule has 8 heteroatoms. The number of nitrogens with zero attached hydrogens (tertiary/aromatic N) is 2. The molecule has 1 aliphatic rings. The van der Waals surface area contributed by atoms with E-state index in [-0.39, 0.29) is 11.8 Å². The summed E-state index contributed by atoms with van der Waals surface area (Å²) >= 11 is 6.53. The molecule has 0 N–H and O–H groups in total. The van der Waals surface area contributed by atoms with Gasteiger partial charge in [-0.2, -0.15) is 0 Å². The minimum absolute atomic E-state index is 0.0870. The highest BCUT2D eigenvalue weighted by Gasteiger charge is 2.30. The highest BCUT2D eigenvalue weighted by Crippen LogP contribution is 2.35. The van der Waals surface area contributed by atoms with Gasteiger partial charge in [-0.15, -0.1) is 0 Å². The van der Waals surface area contributed by atoms with Crippen LogP contribution in [0.5, 0.6) is 11.5 Å². The van der Waals surface area contributed by atoms with Gasteiger partial charge in [0.1, 0.15) is 4.32 Å². The lowest BCUT2D eigenvalue weighted by Crippen LogP contribution is -2.35. The molecule has 1 aliphatic heterocycles. The number of ether oxygens (including phenoxy) is 2. The molecule has 6 nitrogen and oxygen atoms in total. The van der Waals surface area contributed by atoms with Crippen LogP contribution in [0, 0.1) is 0 Å². The molecule has 1 saturated heterocycles. The van der Waals surface area contributed by atoms with Gasteiger partial charge in [-0.1, -0.05) is 30.0 Å². The standard InChI is InChI=1S/C19H24N2O4S2/c1-6-21-18(23)16(27-19(21)26)11-13-8-9-14(15(10-13)24-7-2)25-12(3)17(22)20(4)5/h8-12H,6-7H2,1-5H3/b16-11-/t12-/m1/s1. The Balaban J connectivity index is 2.27. The molecule has 2 amide bonds. The van der Waals surface area contributed by atoms with Gasteiger partial charge in [0.2, 0.25) is 0 Å². The maximum Gasteiger partial charge on any atom is 0.266 e. The van der Waals surface area contributed by atoms with E-state index in [9.17, 15) is 9.59 Å². The molecule has 0 radical (unpaired) electrons. The van der Waals surface area contributed by atoms with Crippen molar-refractivity contribution in [3.8, 4) is 11.5 Å². The number of benzene rings is 1. The summed E-state index contributed by atoms with van der Waals surface area (Å²) < 4.78 is 12.0. The maximum absolute atomic E-state index is 12.4. The van der Waals surface area contributed by atoms with Crippen molar-refractivity contribution < 1.29 is 19.1 Å². The molecule has 0 saturated carbocycles. The quantitative estimate of drug-likeness (QED) is 0.510. The van der Waals surface area contributed by atoms with Gasteiger partial charge in [-0.05, 0) is 44.5 Å². The predicted octanol–water partition coefficient (Wildman–Crippen LogP) is 3.16. The third kappa shape index (κ3) is 5.01. The molecule has 1 heterocycles. The molecular weight excluding hydrogens is 384 g/mol. The van der Waals surface area contributed by atoms with Crippen LogP contribution in [0.15, 0.2) is 23.1 Å². The average Bonchev–Trinajstić information content (AvgIpc) is 2.89. The maximum atomic E-state index is 12.4. The van der Waals surface area contributed by atoms with E-state index >= 15 is 0 Å².